The summed E-state index contributed by atoms with van der Waals surface area (Å²) in [5, 5.41) is 19.4. The van der Waals surface area contributed by atoms with Crippen LogP contribution in [-0.4, -0.2) is 61.2 Å². The number of halogens is 5. The van der Waals surface area contributed by atoms with E-state index in [0.717, 1.165) is 5.56 Å². The highest BCUT2D eigenvalue weighted by molar-refractivity contribution is 6.44. The highest BCUT2D eigenvalue weighted by Gasteiger charge is 2.38. The Morgan fingerprint density at radius 1 is 1.35 bits per heavy atom. The maximum Gasteiger partial charge on any atom is 0.434 e. The first kappa shape index (κ1) is 25.3. The lowest BCUT2D eigenvalue weighted by atomic mass is 9.73. The SMILES string of the molecule is COc1cc(C2(CO)CCN(C(=O)CN/C(C)=C(/Cl)C(=N)C(F)(F)F)CC2)ccc1Cl. The molecule has 6 nitrogen and oxygen atoms in total. The highest BCUT2D eigenvalue weighted by Crippen LogP contribution is 2.38. The van der Waals surface area contributed by atoms with Crippen molar-refractivity contribution in [3.63, 3.8) is 0 Å². The molecule has 11 heteroatoms. The smallest absolute Gasteiger partial charge is 0.434 e. The van der Waals surface area contributed by atoms with Gasteiger partial charge in [-0.25, -0.2) is 0 Å². The van der Waals surface area contributed by atoms with Crippen LogP contribution in [0.5, 0.6) is 5.75 Å². The van der Waals surface area contributed by atoms with E-state index in [1.54, 1.807) is 17.0 Å². The van der Waals surface area contributed by atoms with Crippen molar-refractivity contribution in [3.05, 3.63) is 39.5 Å². The number of nitrogens with zero attached hydrogens (tertiary/aromatic N) is 1. The predicted octanol–water partition coefficient (Wildman–Crippen LogP) is 3.84. The second-order valence-corrected chi connectivity index (χ2v) is 8.12. The number of aliphatic hydroxyl groups excluding tert-OH is 1. The molecule has 0 atom stereocenters. The molecule has 3 N–H and O–H groups in total. The van der Waals surface area contributed by atoms with Crippen LogP contribution in [0.25, 0.3) is 0 Å². The van der Waals surface area contributed by atoms with Crippen LogP contribution in [0.15, 0.2) is 28.9 Å². The number of allylic oxidation sites excluding steroid dienone is 2. The number of amides is 1. The Morgan fingerprint density at radius 2 is 1.97 bits per heavy atom. The molecule has 1 aromatic carbocycles. The average Bonchev–Trinajstić information content (AvgIpc) is 2.75. The zero-order valence-corrected chi connectivity index (χ0v) is 18.6. The van der Waals surface area contributed by atoms with Crippen molar-refractivity contribution in [1.29, 1.82) is 5.41 Å². The number of carbonyl (C=O) groups excluding carboxylic acids is 1. The molecule has 0 bridgehead atoms. The Bertz CT molecular complexity index is 867. The van der Waals surface area contributed by atoms with Gasteiger partial charge in [0.2, 0.25) is 5.91 Å². The van der Waals surface area contributed by atoms with Crippen molar-refractivity contribution < 1.29 is 27.8 Å². The molecule has 0 aromatic heterocycles. The Labute approximate surface area is 188 Å². The van der Waals surface area contributed by atoms with Gasteiger partial charge in [0.25, 0.3) is 0 Å². The predicted molar refractivity (Wildman–Crippen MR) is 113 cm³/mol. The maximum absolute atomic E-state index is 12.6. The largest absolute Gasteiger partial charge is 0.495 e. The molecule has 0 saturated carbocycles. The average molecular weight is 482 g/mol. The van der Waals surface area contributed by atoms with Crippen LogP contribution >= 0.6 is 23.2 Å². The van der Waals surface area contributed by atoms with Gasteiger partial charge in [-0.05, 0) is 37.5 Å². The molecule has 0 aliphatic carbocycles. The van der Waals surface area contributed by atoms with Gasteiger partial charge in [-0.3, -0.25) is 10.2 Å². The molecule has 1 heterocycles. The number of methoxy groups -OCH3 is 1. The van der Waals surface area contributed by atoms with E-state index in [1.165, 1.54) is 14.0 Å². The summed E-state index contributed by atoms with van der Waals surface area (Å²) in [7, 11) is 1.50. The lowest BCUT2D eigenvalue weighted by Crippen LogP contribution is -2.49. The lowest BCUT2D eigenvalue weighted by Gasteiger charge is -2.41. The molecule has 0 unspecified atom stereocenters. The van der Waals surface area contributed by atoms with Gasteiger partial charge in [0, 0.05) is 24.2 Å². The second kappa shape index (κ2) is 10.1. The highest BCUT2D eigenvalue weighted by atomic mass is 35.5. The van der Waals surface area contributed by atoms with Crippen molar-refractivity contribution in [3.8, 4) is 5.75 Å². The number of piperidine rings is 1. The molecule has 0 spiro atoms. The third kappa shape index (κ3) is 5.84. The Morgan fingerprint density at radius 3 is 2.48 bits per heavy atom. The number of benzene rings is 1. The van der Waals surface area contributed by atoms with Gasteiger partial charge in [-0.15, -0.1) is 0 Å². The second-order valence-electron chi connectivity index (χ2n) is 7.33. The number of carbonyl (C=O) groups is 1. The first-order valence-electron chi connectivity index (χ1n) is 9.44. The van der Waals surface area contributed by atoms with Gasteiger partial charge >= 0.3 is 6.18 Å². The maximum atomic E-state index is 12.6. The van der Waals surface area contributed by atoms with Gasteiger partial charge in [-0.1, -0.05) is 29.3 Å². The Kier molecular flexibility index (Phi) is 8.24. The third-order valence-corrected chi connectivity index (χ3v) is 6.26. The fraction of sp³-hybridized carbons (Fsp3) is 0.500. The summed E-state index contributed by atoms with van der Waals surface area (Å²) in [6, 6.07) is 5.31. The first-order valence-corrected chi connectivity index (χ1v) is 10.2. The number of ether oxygens (including phenoxy) is 1. The summed E-state index contributed by atoms with van der Waals surface area (Å²) < 4.78 is 43.0. The van der Waals surface area contributed by atoms with E-state index in [0.29, 0.717) is 36.7 Å². The van der Waals surface area contributed by atoms with Gasteiger partial charge in [0.05, 0.1) is 30.3 Å². The van der Waals surface area contributed by atoms with E-state index in [-0.39, 0.29) is 24.8 Å². The summed E-state index contributed by atoms with van der Waals surface area (Å²) in [5.74, 6) is 0.181. The fourth-order valence-electron chi connectivity index (χ4n) is 3.42. The molecule has 1 aliphatic rings. The summed E-state index contributed by atoms with van der Waals surface area (Å²) in [6.45, 7) is 1.63. The number of rotatable bonds is 7. The minimum atomic E-state index is -4.87. The number of hydrogen-bond donors (Lipinski definition) is 3. The summed E-state index contributed by atoms with van der Waals surface area (Å²) in [6.07, 6.45) is -3.88. The minimum absolute atomic E-state index is 0.104. The van der Waals surface area contributed by atoms with Crippen LogP contribution in [0.2, 0.25) is 5.02 Å². The molecule has 172 valence electrons. The van der Waals surface area contributed by atoms with Crippen molar-refractivity contribution in [2.75, 3.05) is 33.4 Å². The summed E-state index contributed by atoms with van der Waals surface area (Å²) in [5.41, 5.74) is -1.47. The van der Waals surface area contributed by atoms with E-state index in [1.807, 2.05) is 6.07 Å². The Balaban J connectivity index is 2.01. The van der Waals surface area contributed by atoms with Gasteiger partial charge in [-0.2, -0.15) is 13.2 Å². The van der Waals surface area contributed by atoms with Gasteiger partial charge in [0.15, 0.2) is 5.71 Å². The van der Waals surface area contributed by atoms with Gasteiger partial charge in [0.1, 0.15) is 5.75 Å². The van der Waals surface area contributed by atoms with E-state index < -0.39 is 22.3 Å². The summed E-state index contributed by atoms with van der Waals surface area (Å²) >= 11 is 11.7. The van der Waals surface area contributed by atoms with E-state index in [2.05, 4.69) is 5.32 Å². The van der Waals surface area contributed by atoms with E-state index in [4.69, 9.17) is 33.3 Å². The topological polar surface area (TPSA) is 85.7 Å². The third-order valence-electron chi connectivity index (χ3n) is 5.48. The van der Waals surface area contributed by atoms with Crippen LogP contribution in [-0.2, 0) is 10.2 Å². The molecule has 1 fully saturated rings. The summed E-state index contributed by atoms with van der Waals surface area (Å²) in [4.78, 5) is 14.1. The number of aliphatic hydroxyl groups is 1. The molecule has 2 rings (SSSR count). The van der Waals surface area contributed by atoms with Crippen LogP contribution in [0, 0.1) is 5.41 Å². The number of alkyl halides is 3. The first-order chi connectivity index (χ1) is 14.4. The Hall–Kier alpha value is -1.97. The number of likely N-dealkylation sites (tertiary alicyclic amines) is 1. The normalized spacial score (nSPS) is 17.1. The molecule has 1 amide bonds. The van der Waals surface area contributed by atoms with E-state index in [9.17, 15) is 23.1 Å². The fourth-order valence-corrected chi connectivity index (χ4v) is 3.79. The molecule has 1 saturated heterocycles. The molecule has 1 aromatic rings. The molecule has 1 aliphatic heterocycles. The molecular formula is C20H24Cl2F3N3O3. The van der Waals surface area contributed by atoms with Crippen LogP contribution in [0.4, 0.5) is 13.2 Å². The molecule has 0 radical (unpaired) electrons. The van der Waals surface area contributed by atoms with Crippen LogP contribution in [0.3, 0.4) is 0 Å². The minimum Gasteiger partial charge on any atom is -0.495 e. The standard InChI is InChI=1S/C20H24Cl2F3N3O3/c1-12(17(22)18(26)20(23,24)25)27-10-16(30)28-7-5-19(11-29,6-8-28)13-3-4-14(21)15(9-13)31-2/h3-4,9,26-27,29H,5-8,10-11H2,1-2H3/b17-12+,26-18?. The quantitative estimate of drug-likeness (QED) is 0.516. The number of nitrogens with one attached hydrogen (secondary N) is 2. The van der Waals surface area contributed by atoms with Crippen LogP contribution in [0.1, 0.15) is 25.3 Å². The van der Waals surface area contributed by atoms with Crippen LogP contribution < -0.4 is 10.1 Å². The monoisotopic (exact) mass is 481 g/mol. The van der Waals surface area contributed by atoms with Crippen molar-refractivity contribution >= 4 is 34.8 Å². The van der Waals surface area contributed by atoms with E-state index >= 15 is 0 Å². The van der Waals surface area contributed by atoms with Crippen molar-refractivity contribution in [2.45, 2.75) is 31.4 Å². The van der Waals surface area contributed by atoms with Crippen molar-refractivity contribution in [2.24, 2.45) is 0 Å². The van der Waals surface area contributed by atoms with Gasteiger partial charge < -0.3 is 20.1 Å². The zero-order chi connectivity index (χ0) is 23.4. The van der Waals surface area contributed by atoms with Crippen molar-refractivity contribution in [1.82, 2.24) is 10.2 Å². The molecular weight excluding hydrogens is 458 g/mol. The zero-order valence-electron chi connectivity index (χ0n) is 17.1. The number of hydrogen-bond acceptors (Lipinski definition) is 5. The lowest BCUT2D eigenvalue weighted by molar-refractivity contribution is -0.132. The molecule has 31 heavy (non-hydrogen) atoms.